The van der Waals surface area contributed by atoms with Crippen molar-refractivity contribution in [2.75, 3.05) is 7.11 Å². The minimum absolute atomic E-state index is 0.0531. The highest BCUT2D eigenvalue weighted by molar-refractivity contribution is 9.10. The van der Waals surface area contributed by atoms with Crippen molar-refractivity contribution in [2.45, 2.75) is 20.5 Å². The fourth-order valence-electron chi connectivity index (χ4n) is 3.12. The van der Waals surface area contributed by atoms with Crippen LogP contribution in [0.15, 0.2) is 63.8 Å². The normalized spacial score (nSPS) is 15.3. The van der Waals surface area contributed by atoms with Crippen LogP contribution in [0.1, 0.15) is 30.5 Å². The Morgan fingerprint density at radius 2 is 1.97 bits per heavy atom. The molecule has 2 N–H and O–H groups in total. The van der Waals surface area contributed by atoms with E-state index >= 15 is 0 Å². The van der Waals surface area contributed by atoms with Crippen molar-refractivity contribution in [3.63, 3.8) is 0 Å². The fourth-order valence-corrected chi connectivity index (χ4v) is 3.67. The summed E-state index contributed by atoms with van der Waals surface area (Å²) in [5.41, 5.74) is 8.28. The summed E-state index contributed by atoms with van der Waals surface area (Å²) in [4.78, 5) is 12.8. The smallest absolute Gasteiger partial charge is 0.360 e. The number of ether oxygens (including phenoxy) is 2. The van der Waals surface area contributed by atoms with Gasteiger partial charge in [0.15, 0.2) is 11.5 Å². The monoisotopic (exact) mass is 473 g/mol. The Hall–Kier alpha value is -3.13. The van der Waals surface area contributed by atoms with Crippen LogP contribution in [0, 0.1) is 5.82 Å². The zero-order valence-electron chi connectivity index (χ0n) is 16.8. The van der Waals surface area contributed by atoms with Crippen LogP contribution in [-0.4, -0.2) is 23.9 Å². The quantitative estimate of drug-likeness (QED) is 0.389. The molecule has 0 bridgehead atoms. The van der Waals surface area contributed by atoms with Gasteiger partial charge in [0.2, 0.25) is 0 Å². The van der Waals surface area contributed by atoms with Gasteiger partial charge in [-0.05, 0) is 47.5 Å². The first-order chi connectivity index (χ1) is 14.4. The number of carbonyl (C=O) groups excluding carboxylic acids is 1. The number of halogens is 2. The van der Waals surface area contributed by atoms with Gasteiger partial charge in [-0.1, -0.05) is 36.4 Å². The minimum atomic E-state index is -0.659. The third kappa shape index (κ3) is 4.09. The molecule has 0 saturated heterocycles. The van der Waals surface area contributed by atoms with Crippen LogP contribution in [0.4, 0.5) is 4.39 Å². The third-order valence-corrected chi connectivity index (χ3v) is 5.16. The van der Waals surface area contributed by atoms with E-state index in [1.807, 2.05) is 30.3 Å². The molecule has 1 heterocycles. The van der Waals surface area contributed by atoms with Gasteiger partial charge in [-0.3, -0.25) is 0 Å². The van der Waals surface area contributed by atoms with Crippen molar-refractivity contribution in [1.82, 2.24) is 5.01 Å². The van der Waals surface area contributed by atoms with Gasteiger partial charge in [0.1, 0.15) is 18.3 Å². The largest absolute Gasteiger partial charge is 0.486 e. The minimum Gasteiger partial charge on any atom is -0.486 e. The van der Waals surface area contributed by atoms with Gasteiger partial charge in [0.05, 0.1) is 17.3 Å². The molecule has 0 unspecified atom stereocenters. The summed E-state index contributed by atoms with van der Waals surface area (Å²) >= 11 is 3.32. The van der Waals surface area contributed by atoms with Crippen LogP contribution in [0.3, 0.4) is 0 Å². The van der Waals surface area contributed by atoms with Crippen LogP contribution >= 0.6 is 15.9 Å². The predicted octanol–water partition coefficient (Wildman–Crippen LogP) is 4.62. The standard InChI is InChI=1S/C22H21BrFN3O3/c1-4-17-18-15(10-11-16(24)19(18)23)21(30-12-14-8-6-5-7-9-14)20(22(28)29-3)27(17)26-13(2)25/h4-11H,12H2,1-3H3,(H2,25,26)/b17-4+. The molecule has 0 spiro atoms. The molecule has 0 fully saturated rings. The van der Waals surface area contributed by atoms with Crippen molar-refractivity contribution in [2.24, 2.45) is 10.8 Å². The zero-order chi connectivity index (χ0) is 21.8. The Kier molecular flexibility index (Phi) is 6.56. The number of allylic oxidation sites excluding steroid dienone is 1. The SMILES string of the molecule is C/C=C1\c2c(ccc(F)c2Br)C(OCc2ccccc2)=C(C(=O)OC)N1/N=C(\C)N. The second-order valence-corrected chi connectivity index (χ2v) is 7.25. The van der Waals surface area contributed by atoms with E-state index in [1.54, 1.807) is 26.0 Å². The van der Waals surface area contributed by atoms with E-state index in [0.29, 0.717) is 16.8 Å². The third-order valence-electron chi connectivity index (χ3n) is 4.39. The lowest BCUT2D eigenvalue weighted by Crippen LogP contribution is -2.31. The molecule has 8 heteroatoms. The van der Waals surface area contributed by atoms with Gasteiger partial charge in [-0.15, -0.1) is 0 Å². The highest BCUT2D eigenvalue weighted by Gasteiger charge is 2.37. The van der Waals surface area contributed by atoms with Crippen LogP contribution in [0.5, 0.6) is 0 Å². The number of methoxy groups -OCH3 is 1. The molecule has 1 aliphatic heterocycles. The van der Waals surface area contributed by atoms with E-state index in [2.05, 4.69) is 21.0 Å². The van der Waals surface area contributed by atoms with Gasteiger partial charge < -0.3 is 15.2 Å². The van der Waals surface area contributed by atoms with Crippen molar-refractivity contribution in [3.8, 4) is 0 Å². The summed E-state index contributed by atoms with van der Waals surface area (Å²) in [6.45, 7) is 3.54. The summed E-state index contributed by atoms with van der Waals surface area (Å²) in [7, 11) is 1.27. The van der Waals surface area contributed by atoms with Gasteiger partial charge in [-0.25, -0.2) is 14.2 Å². The second kappa shape index (κ2) is 9.13. The number of nitrogens with zero attached hydrogens (tertiary/aromatic N) is 2. The number of benzene rings is 2. The maximum absolute atomic E-state index is 14.4. The number of hydrogen-bond donors (Lipinski definition) is 1. The lowest BCUT2D eigenvalue weighted by Gasteiger charge is -2.32. The molecule has 3 rings (SSSR count). The number of esters is 1. The van der Waals surface area contributed by atoms with Crippen molar-refractivity contribution in [3.05, 3.63) is 81.2 Å². The summed E-state index contributed by atoms with van der Waals surface area (Å²) < 4.78 is 25.7. The average molecular weight is 474 g/mol. The number of fused-ring (bicyclic) bond motifs is 1. The molecule has 2 aromatic carbocycles. The number of hydrogen-bond acceptors (Lipinski definition) is 5. The summed E-state index contributed by atoms with van der Waals surface area (Å²) in [5, 5.41) is 5.62. The number of carbonyl (C=O) groups is 1. The molecule has 30 heavy (non-hydrogen) atoms. The molecule has 1 aliphatic rings. The first-order valence-corrected chi connectivity index (χ1v) is 9.93. The van der Waals surface area contributed by atoms with Crippen LogP contribution < -0.4 is 5.73 Å². The van der Waals surface area contributed by atoms with Crippen LogP contribution in [0.25, 0.3) is 11.5 Å². The van der Waals surface area contributed by atoms with E-state index in [4.69, 9.17) is 15.2 Å². The molecule has 0 radical (unpaired) electrons. The van der Waals surface area contributed by atoms with E-state index < -0.39 is 11.8 Å². The zero-order valence-corrected chi connectivity index (χ0v) is 18.4. The number of hydrazone groups is 1. The molecule has 0 amide bonds. The molecule has 0 saturated carbocycles. The van der Waals surface area contributed by atoms with Gasteiger partial charge in [0, 0.05) is 11.1 Å². The Balaban J connectivity index is 2.28. The second-order valence-electron chi connectivity index (χ2n) is 6.45. The number of nitrogens with two attached hydrogens (primary N) is 1. The highest BCUT2D eigenvalue weighted by atomic mass is 79.9. The molecular formula is C22H21BrFN3O3. The molecule has 0 atom stereocenters. The van der Waals surface area contributed by atoms with E-state index in [-0.39, 0.29) is 28.4 Å². The molecular weight excluding hydrogens is 453 g/mol. The van der Waals surface area contributed by atoms with Crippen LogP contribution in [0.2, 0.25) is 0 Å². The van der Waals surface area contributed by atoms with Gasteiger partial charge in [-0.2, -0.15) is 5.10 Å². The molecule has 2 aromatic rings. The Bertz CT molecular complexity index is 1060. The first-order valence-electron chi connectivity index (χ1n) is 9.14. The summed E-state index contributed by atoms with van der Waals surface area (Å²) in [5.74, 6) is -0.690. The lowest BCUT2D eigenvalue weighted by atomic mass is 9.96. The average Bonchev–Trinajstić information content (AvgIpc) is 2.74. The van der Waals surface area contributed by atoms with Crippen LogP contribution in [-0.2, 0) is 20.9 Å². The molecule has 0 aliphatic carbocycles. The van der Waals surface area contributed by atoms with Gasteiger partial charge >= 0.3 is 5.97 Å². The maximum atomic E-state index is 14.4. The topological polar surface area (TPSA) is 77.2 Å². The highest BCUT2D eigenvalue weighted by Crippen LogP contribution is 2.44. The van der Waals surface area contributed by atoms with Crippen molar-refractivity contribution >= 4 is 39.2 Å². The Morgan fingerprint density at radius 3 is 2.57 bits per heavy atom. The number of rotatable bonds is 5. The first kappa shape index (κ1) is 21.6. The Labute approximate surface area is 182 Å². The lowest BCUT2D eigenvalue weighted by molar-refractivity contribution is -0.137. The van der Waals surface area contributed by atoms with E-state index in [1.165, 1.54) is 18.2 Å². The van der Waals surface area contributed by atoms with Gasteiger partial charge in [0.25, 0.3) is 0 Å². The molecule has 6 nitrogen and oxygen atoms in total. The van der Waals surface area contributed by atoms with Crippen molar-refractivity contribution < 1.29 is 18.7 Å². The van der Waals surface area contributed by atoms with E-state index in [0.717, 1.165) is 5.56 Å². The van der Waals surface area contributed by atoms with Crippen molar-refractivity contribution in [1.29, 1.82) is 0 Å². The maximum Gasteiger partial charge on any atom is 0.360 e. The number of amidine groups is 1. The predicted molar refractivity (Wildman–Crippen MR) is 117 cm³/mol. The Morgan fingerprint density at radius 1 is 1.27 bits per heavy atom. The van der Waals surface area contributed by atoms with E-state index in [9.17, 15) is 9.18 Å². The summed E-state index contributed by atoms with van der Waals surface area (Å²) in [6, 6.07) is 12.4. The molecule has 0 aromatic heterocycles. The summed E-state index contributed by atoms with van der Waals surface area (Å²) in [6.07, 6.45) is 1.71. The molecule has 156 valence electrons. The fraction of sp³-hybridized carbons (Fsp3) is 0.182.